The topological polar surface area (TPSA) is 18.5 Å². The molecule has 4 fully saturated rings. The van der Waals surface area contributed by atoms with Crippen LogP contribution in [-0.2, 0) is 14.7 Å². The van der Waals surface area contributed by atoms with Gasteiger partial charge in [-0.1, -0.05) is 24.3 Å². The van der Waals surface area contributed by atoms with Crippen LogP contribution in [0.3, 0.4) is 0 Å². The molecule has 20 heavy (non-hydrogen) atoms. The van der Waals surface area contributed by atoms with Gasteiger partial charge in [-0.15, -0.1) is 0 Å². The summed E-state index contributed by atoms with van der Waals surface area (Å²) in [5, 5.41) is 0. The van der Waals surface area contributed by atoms with Gasteiger partial charge in [0.25, 0.3) is 0 Å². The van der Waals surface area contributed by atoms with Crippen molar-refractivity contribution in [2.24, 2.45) is 5.92 Å². The average Bonchev–Trinajstić information content (AvgIpc) is 2.44. The molecule has 2 bridgehead atoms. The van der Waals surface area contributed by atoms with E-state index >= 15 is 0 Å². The van der Waals surface area contributed by atoms with Gasteiger partial charge in [0.05, 0.1) is 11.2 Å². The van der Waals surface area contributed by atoms with E-state index in [1.807, 2.05) is 0 Å². The molecule has 0 N–H and O–H groups in total. The minimum absolute atomic E-state index is 0.229. The van der Waals surface area contributed by atoms with Crippen molar-refractivity contribution < 1.29 is 9.31 Å². The molecule has 0 radical (unpaired) electrons. The second-order valence-corrected chi connectivity index (χ2v) is 7.97. The van der Waals surface area contributed by atoms with Crippen LogP contribution in [0.25, 0.3) is 0 Å². The van der Waals surface area contributed by atoms with Gasteiger partial charge in [0, 0.05) is 0 Å². The van der Waals surface area contributed by atoms with E-state index in [-0.39, 0.29) is 18.3 Å². The Kier molecular flexibility index (Phi) is 2.38. The third kappa shape index (κ3) is 1.60. The first-order chi connectivity index (χ1) is 9.31. The van der Waals surface area contributed by atoms with Crippen LogP contribution in [0.4, 0.5) is 0 Å². The summed E-state index contributed by atoms with van der Waals surface area (Å²) >= 11 is 0. The summed E-state index contributed by atoms with van der Waals surface area (Å²) in [6.07, 6.45) is 4.17. The van der Waals surface area contributed by atoms with E-state index in [2.05, 4.69) is 52.0 Å². The zero-order valence-corrected chi connectivity index (χ0v) is 12.9. The van der Waals surface area contributed by atoms with Crippen molar-refractivity contribution >= 4 is 12.6 Å². The Morgan fingerprint density at radius 2 is 1.60 bits per heavy atom. The van der Waals surface area contributed by atoms with E-state index in [1.54, 1.807) is 0 Å². The first-order valence-electron chi connectivity index (χ1n) is 7.78. The summed E-state index contributed by atoms with van der Waals surface area (Å²) in [6.45, 7) is 8.44. The predicted molar refractivity (Wildman–Crippen MR) is 81.2 cm³/mol. The van der Waals surface area contributed by atoms with Gasteiger partial charge in [-0.05, 0) is 69.3 Å². The van der Waals surface area contributed by atoms with Gasteiger partial charge in [0.1, 0.15) is 0 Å². The van der Waals surface area contributed by atoms with Crippen LogP contribution in [0.2, 0.25) is 0 Å². The van der Waals surface area contributed by atoms with E-state index < -0.39 is 0 Å². The van der Waals surface area contributed by atoms with Crippen LogP contribution < -0.4 is 5.46 Å². The van der Waals surface area contributed by atoms with Gasteiger partial charge in [0.15, 0.2) is 0 Å². The second kappa shape index (κ2) is 3.69. The van der Waals surface area contributed by atoms with Crippen molar-refractivity contribution in [2.45, 2.75) is 63.6 Å². The van der Waals surface area contributed by atoms with E-state index in [4.69, 9.17) is 9.31 Å². The fraction of sp³-hybridized carbons (Fsp3) is 0.647. The van der Waals surface area contributed by atoms with E-state index in [0.717, 1.165) is 5.92 Å². The monoisotopic (exact) mass is 270 g/mol. The normalized spacial score (nSPS) is 36.4. The zero-order valence-electron chi connectivity index (χ0n) is 12.9. The van der Waals surface area contributed by atoms with Gasteiger partial charge >= 0.3 is 7.12 Å². The van der Waals surface area contributed by atoms with Gasteiger partial charge in [-0.2, -0.15) is 0 Å². The molecule has 1 aliphatic heterocycles. The summed E-state index contributed by atoms with van der Waals surface area (Å²) in [7, 11) is -0.229. The van der Waals surface area contributed by atoms with E-state index in [9.17, 15) is 0 Å². The van der Waals surface area contributed by atoms with Crippen LogP contribution in [0.1, 0.15) is 52.5 Å². The van der Waals surface area contributed by atoms with Crippen molar-refractivity contribution in [1.82, 2.24) is 0 Å². The quantitative estimate of drug-likeness (QED) is 0.769. The molecule has 5 rings (SSSR count). The molecule has 4 aliphatic rings. The molecule has 0 aromatic heterocycles. The molecular weight excluding hydrogens is 247 g/mol. The summed E-state index contributed by atoms with van der Waals surface area (Å²) in [5.41, 5.74) is 2.65. The van der Waals surface area contributed by atoms with Gasteiger partial charge in [-0.3, -0.25) is 0 Å². The summed E-state index contributed by atoms with van der Waals surface area (Å²) in [6, 6.07) is 8.90. The molecule has 1 heterocycles. The Morgan fingerprint density at radius 3 is 2.10 bits per heavy atom. The molecule has 3 saturated carbocycles. The van der Waals surface area contributed by atoms with Gasteiger partial charge in [-0.25, -0.2) is 0 Å². The first-order valence-corrected chi connectivity index (χ1v) is 7.78. The molecule has 0 spiro atoms. The third-order valence-corrected chi connectivity index (χ3v) is 6.06. The highest BCUT2D eigenvalue weighted by Gasteiger charge is 2.57. The van der Waals surface area contributed by atoms with Crippen LogP contribution in [-0.4, -0.2) is 18.3 Å². The standard InChI is InChI=1S/C17H23BO2/c1-15(2)16(3,4)20-18(19-15)14-7-5-6-13(8-14)17-9-12(10-17)11-17/h5-8,12H,9-11H2,1-4H3. The molecule has 0 atom stereocenters. The Hall–Kier alpha value is -0.795. The lowest BCUT2D eigenvalue weighted by atomic mass is 9.42. The molecule has 2 nitrogen and oxygen atoms in total. The van der Waals surface area contributed by atoms with Crippen LogP contribution in [0.5, 0.6) is 0 Å². The second-order valence-electron chi connectivity index (χ2n) is 7.97. The molecular formula is C17H23BO2. The fourth-order valence-electron chi connectivity index (χ4n) is 3.83. The van der Waals surface area contributed by atoms with Crippen LogP contribution in [0.15, 0.2) is 24.3 Å². The van der Waals surface area contributed by atoms with Crippen molar-refractivity contribution in [3.63, 3.8) is 0 Å². The summed E-state index contributed by atoms with van der Waals surface area (Å²) < 4.78 is 12.3. The molecule has 3 aliphatic carbocycles. The molecule has 3 heteroatoms. The average molecular weight is 270 g/mol. The molecule has 1 aromatic carbocycles. The molecule has 106 valence electrons. The number of rotatable bonds is 2. The smallest absolute Gasteiger partial charge is 0.399 e. The molecule has 1 saturated heterocycles. The van der Waals surface area contributed by atoms with Crippen LogP contribution >= 0.6 is 0 Å². The maximum Gasteiger partial charge on any atom is 0.494 e. The van der Waals surface area contributed by atoms with Crippen molar-refractivity contribution in [1.29, 1.82) is 0 Å². The fourth-order valence-corrected chi connectivity index (χ4v) is 3.83. The first kappa shape index (κ1) is 12.9. The lowest BCUT2D eigenvalue weighted by Gasteiger charge is -2.62. The minimum atomic E-state index is -0.260. The van der Waals surface area contributed by atoms with Crippen molar-refractivity contribution in [3.05, 3.63) is 29.8 Å². The Labute approximate surface area is 122 Å². The lowest BCUT2D eigenvalue weighted by Crippen LogP contribution is -2.55. The molecule has 0 amide bonds. The highest BCUT2D eigenvalue weighted by atomic mass is 16.7. The van der Waals surface area contributed by atoms with Crippen molar-refractivity contribution in [2.75, 3.05) is 0 Å². The maximum atomic E-state index is 6.16. The van der Waals surface area contributed by atoms with E-state index in [0.29, 0.717) is 5.41 Å². The highest BCUT2D eigenvalue weighted by molar-refractivity contribution is 6.62. The summed E-state index contributed by atoms with van der Waals surface area (Å²) in [5.74, 6) is 1.01. The molecule has 1 aromatic rings. The minimum Gasteiger partial charge on any atom is -0.399 e. The van der Waals surface area contributed by atoms with Gasteiger partial charge in [0.2, 0.25) is 0 Å². The predicted octanol–water partition coefficient (Wildman–Crippen LogP) is 3.04. The highest BCUT2D eigenvalue weighted by Crippen LogP contribution is 2.64. The van der Waals surface area contributed by atoms with E-state index in [1.165, 1.54) is 30.3 Å². The third-order valence-electron chi connectivity index (χ3n) is 6.06. The van der Waals surface area contributed by atoms with Gasteiger partial charge < -0.3 is 9.31 Å². The Balaban J connectivity index is 1.62. The zero-order chi connectivity index (χ0) is 14.2. The largest absolute Gasteiger partial charge is 0.494 e. The number of hydrogen-bond donors (Lipinski definition) is 0. The number of benzene rings is 1. The Bertz CT molecular complexity index is 531. The summed E-state index contributed by atoms with van der Waals surface area (Å²) in [4.78, 5) is 0. The maximum absolute atomic E-state index is 6.16. The Morgan fingerprint density at radius 1 is 1.00 bits per heavy atom. The van der Waals surface area contributed by atoms with Crippen LogP contribution in [0, 0.1) is 5.92 Å². The van der Waals surface area contributed by atoms with Crippen molar-refractivity contribution in [3.8, 4) is 0 Å². The number of hydrogen-bond acceptors (Lipinski definition) is 2. The molecule has 0 unspecified atom stereocenters. The lowest BCUT2D eigenvalue weighted by molar-refractivity contribution is -0.0273. The SMILES string of the molecule is CC1(C)OB(c2cccc(C34CC(C3)C4)c2)OC1(C)C.